The molecule has 0 saturated carbocycles. The number of benzene rings is 1. The van der Waals surface area contributed by atoms with E-state index in [4.69, 9.17) is 0 Å². The maximum absolute atomic E-state index is 3.79. The lowest BCUT2D eigenvalue weighted by Crippen LogP contribution is -1.92. The van der Waals surface area contributed by atoms with Gasteiger partial charge in [-0.15, -0.1) is 11.3 Å². The molecule has 18 heavy (non-hydrogen) atoms. The van der Waals surface area contributed by atoms with Crippen molar-refractivity contribution in [2.24, 2.45) is 0 Å². The van der Waals surface area contributed by atoms with E-state index in [0.29, 0.717) is 5.92 Å². The zero-order valence-electron chi connectivity index (χ0n) is 10.7. The zero-order chi connectivity index (χ0) is 13.3. The van der Waals surface area contributed by atoms with E-state index < -0.39 is 0 Å². The molecule has 96 valence electrons. The summed E-state index contributed by atoms with van der Waals surface area (Å²) in [7, 11) is 0. The van der Waals surface area contributed by atoms with Crippen LogP contribution in [0.25, 0.3) is 0 Å². The van der Waals surface area contributed by atoms with Crippen molar-refractivity contribution >= 4 is 43.2 Å². The first kappa shape index (κ1) is 14.3. The number of hydrogen-bond acceptors (Lipinski definition) is 1. The third kappa shape index (κ3) is 3.06. The molecule has 0 N–H and O–H groups in total. The minimum atomic E-state index is 0.286. The number of rotatable bonds is 3. The fourth-order valence-corrected chi connectivity index (χ4v) is 4.11. The Balaban J connectivity index is 2.25. The van der Waals surface area contributed by atoms with Crippen LogP contribution in [0.5, 0.6) is 0 Å². The molecule has 2 rings (SSSR count). The van der Waals surface area contributed by atoms with Gasteiger partial charge in [-0.25, -0.2) is 0 Å². The first-order valence-corrected chi connectivity index (χ1v) is 8.51. The van der Waals surface area contributed by atoms with E-state index in [1.807, 2.05) is 11.3 Å². The molecule has 1 atom stereocenters. The van der Waals surface area contributed by atoms with Crippen LogP contribution >= 0.6 is 43.2 Å². The summed E-state index contributed by atoms with van der Waals surface area (Å²) in [4.78, 5) is 2.96. The summed E-state index contributed by atoms with van der Waals surface area (Å²) >= 11 is 9.20. The molecule has 0 fully saturated rings. The Morgan fingerprint density at radius 3 is 2.06 bits per heavy atom. The van der Waals surface area contributed by atoms with E-state index >= 15 is 0 Å². The maximum atomic E-state index is 3.79. The van der Waals surface area contributed by atoms with Gasteiger partial charge in [-0.1, -0.05) is 54.0 Å². The summed E-state index contributed by atoms with van der Waals surface area (Å²) < 4.78 is 1.20. The summed E-state index contributed by atoms with van der Waals surface area (Å²) in [6, 6.07) is 11.1. The molecule has 3 heteroatoms. The first-order valence-electron chi connectivity index (χ1n) is 5.98. The molecule has 0 radical (unpaired) electrons. The highest BCUT2D eigenvalue weighted by atomic mass is 79.9. The summed E-state index contributed by atoms with van der Waals surface area (Å²) in [5.74, 6) is 0.589. The predicted molar refractivity (Wildman–Crippen MR) is 88.1 cm³/mol. The van der Waals surface area contributed by atoms with Crippen LogP contribution in [0.1, 0.15) is 45.5 Å². The van der Waals surface area contributed by atoms with Gasteiger partial charge in [-0.05, 0) is 46.0 Å². The van der Waals surface area contributed by atoms with Gasteiger partial charge in [0.05, 0.1) is 4.83 Å². The zero-order valence-corrected chi connectivity index (χ0v) is 14.7. The summed E-state index contributed by atoms with van der Waals surface area (Å²) in [5.41, 5.74) is 2.70. The number of hydrogen-bond donors (Lipinski definition) is 0. The average Bonchev–Trinajstić information content (AvgIpc) is 2.69. The molecule has 1 heterocycles. The van der Waals surface area contributed by atoms with E-state index in [-0.39, 0.29) is 4.83 Å². The van der Waals surface area contributed by atoms with Crippen LogP contribution in [-0.2, 0) is 0 Å². The smallest absolute Gasteiger partial charge is 0.0738 e. The highest BCUT2D eigenvalue weighted by Crippen LogP contribution is 2.38. The van der Waals surface area contributed by atoms with E-state index in [1.54, 1.807) is 0 Å². The van der Waals surface area contributed by atoms with E-state index in [1.165, 1.54) is 25.4 Å². The number of thiophene rings is 1. The second kappa shape index (κ2) is 5.89. The van der Waals surface area contributed by atoms with E-state index in [2.05, 4.69) is 83.0 Å². The highest BCUT2D eigenvalue weighted by Gasteiger charge is 2.14. The van der Waals surface area contributed by atoms with Crippen LogP contribution < -0.4 is 0 Å². The van der Waals surface area contributed by atoms with Crippen molar-refractivity contribution in [3.05, 3.63) is 55.7 Å². The lowest BCUT2D eigenvalue weighted by molar-refractivity contribution is 0.865. The predicted octanol–water partition coefficient (Wildman–Crippen LogP) is 6.43. The third-order valence-corrected chi connectivity index (χ3v) is 6.55. The van der Waals surface area contributed by atoms with Crippen molar-refractivity contribution < 1.29 is 0 Å². The molecular formula is C15H16Br2S. The number of aryl methyl sites for hydroxylation is 1. The van der Waals surface area contributed by atoms with Gasteiger partial charge in [-0.3, -0.25) is 0 Å². The van der Waals surface area contributed by atoms with Crippen molar-refractivity contribution in [1.82, 2.24) is 0 Å². The van der Waals surface area contributed by atoms with Gasteiger partial charge in [0.2, 0.25) is 0 Å². The van der Waals surface area contributed by atoms with Crippen LogP contribution in [0.3, 0.4) is 0 Å². The SMILES string of the molecule is Cc1sc(C(Br)c2ccc(C(C)C)cc2)cc1Br. The van der Waals surface area contributed by atoms with Gasteiger partial charge < -0.3 is 0 Å². The molecular weight excluding hydrogens is 372 g/mol. The summed E-state index contributed by atoms with van der Waals surface area (Å²) in [6.45, 7) is 6.58. The van der Waals surface area contributed by atoms with Gasteiger partial charge in [0, 0.05) is 14.2 Å². The second-order valence-corrected chi connectivity index (χ2v) is 7.79. The van der Waals surface area contributed by atoms with Gasteiger partial charge >= 0.3 is 0 Å². The molecule has 0 aliphatic rings. The Hall–Kier alpha value is -0.120. The molecule has 0 bridgehead atoms. The summed E-state index contributed by atoms with van der Waals surface area (Å²) in [6.07, 6.45) is 0. The Morgan fingerprint density at radius 1 is 1.06 bits per heavy atom. The number of alkyl halides is 1. The van der Waals surface area contributed by atoms with Crippen LogP contribution in [0, 0.1) is 6.92 Å². The molecule has 1 unspecified atom stereocenters. The second-order valence-electron chi connectivity index (χ2n) is 4.74. The molecule has 0 amide bonds. The van der Waals surface area contributed by atoms with Crippen LogP contribution in [0.15, 0.2) is 34.8 Å². The van der Waals surface area contributed by atoms with Gasteiger partial charge in [-0.2, -0.15) is 0 Å². The average molecular weight is 388 g/mol. The fraction of sp³-hybridized carbons (Fsp3) is 0.333. The molecule has 0 aliphatic carbocycles. The van der Waals surface area contributed by atoms with Gasteiger partial charge in [0.1, 0.15) is 0 Å². The molecule has 0 aliphatic heterocycles. The third-order valence-electron chi connectivity index (χ3n) is 3.02. The largest absolute Gasteiger partial charge is 0.143 e. The van der Waals surface area contributed by atoms with Crippen molar-refractivity contribution in [1.29, 1.82) is 0 Å². The van der Waals surface area contributed by atoms with Crippen LogP contribution in [0.2, 0.25) is 0 Å². The lowest BCUT2D eigenvalue weighted by Gasteiger charge is -2.10. The van der Waals surface area contributed by atoms with Gasteiger partial charge in [0.25, 0.3) is 0 Å². The highest BCUT2D eigenvalue weighted by molar-refractivity contribution is 9.10. The molecule has 0 nitrogen and oxygen atoms in total. The normalized spacial score (nSPS) is 13.0. The fourth-order valence-electron chi connectivity index (χ4n) is 1.82. The molecule has 0 saturated heterocycles. The Bertz CT molecular complexity index is 506. The molecule has 2 aromatic rings. The lowest BCUT2D eigenvalue weighted by atomic mass is 10.0. The first-order chi connectivity index (χ1) is 8.49. The monoisotopic (exact) mass is 386 g/mol. The van der Waals surface area contributed by atoms with Crippen molar-refractivity contribution in [2.75, 3.05) is 0 Å². The van der Waals surface area contributed by atoms with Crippen molar-refractivity contribution in [3.63, 3.8) is 0 Å². The molecule has 1 aromatic carbocycles. The summed E-state index contributed by atoms with van der Waals surface area (Å²) in [5, 5.41) is 0. The van der Waals surface area contributed by atoms with Crippen LogP contribution in [-0.4, -0.2) is 0 Å². The van der Waals surface area contributed by atoms with Crippen LogP contribution in [0.4, 0.5) is 0 Å². The van der Waals surface area contributed by atoms with Crippen molar-refractivity contribution in [3.8, 4) is 0 Å². The molecule has 0 spiro atoms. The maximum Gasteiger partial charge on any atom is 0.0738 e. The minimum Gasteiger partial charge on any atom is -0.143 e. The van der Waals surface area contributed by atoms with Gasteiger partial charge in [0.15, 0.2) is 0 Å². The van der Waals surface area contributed by atoms with E-state index in [0.717, 1.165) is 0 Å². The van der Waals surface area contributed by atoms with E-state index in [9.17, 15) is 0 Å². The quantitative estimate of drug-likeness (QED) is 0.532. The standard InChI is InChI=1S/C15H16Br2S/c1-9(2)11-4-6-12(7-5-11)15(17)14-8-13(16)10(3)18-14/h4-9,15H,1-3H3. The Labute approximate surface area is 130 Å². The Kier molecular flexibility index (Phi) is 4.68. The number of halogens is 2. The van der Waals surface area contributed by atoms with Crippen molar-refractivity contribution in [2.45, 2.75) is 31.5 Å². The Morgan fingerprint density at radius 2 is 1.61 bits per heavy atom. The molecule has 1 aromatic heterocycles. The topological polar surface area (TPSA) is 0 Å². The minimum absolute atomic E-state index is 0.286.